The summed E-state index contributed by atoms with van der Waals surface area (Å²) in [7, 11) is 0. The zero-order valence-corrected chi connectivity index (χ0v) is 44.9. The van der Waals surface area contributed by atoms with E-state index in [2.05, 4.69) is 48.5 Å². The van der Waals surface area contributed by atoms with Gasteiger partial charge < -0.3 is 0 Å². The summed E-state index contributed by atoms with van der Waals surface area (Å²) in [5.74, 6) is 14.0. The Morgan fingerprint density at radius 3 is 1.38 bits per heavy atom. The van der Waals surface area contributed by atoms with Crippen molar-refractivity contribution < 1.29 is 0 Å². The lowest BCUT2D eigenvalue weighted by molar-refractivity contribution is -0.0234. The van der Waals surface area contributed by atoms with Gasteiger partial charge in [-0.3, -0.25) is 0 Å². The van der Waals surface area contributed by atoms with Crippen LogP contribution in [0.3, 0.4) is 0 Å². The zero-order valence-electron chi connectivity index (χ0n) is 44.9. The molecule has 0 radical (unpaired) electrons. The molecule has 0 spiro atoms. The van der Waals surface area contributed by atoms with Crippen molar-refractivity contribution in [1.82, 2.24) is 0 Å². The fourth-order valence-electron chi connectivity index (χ4n) is 13.7. The fraction of sp³-hybridized carbons (Fsp3) is 1.00. The Kier molecular flexibility index (Phi) is 40.6. The van der Waals surface area contributed by atoms with Crippen LogP contribution < -0.4 is 0 Å². The van der Waals surface area contributed by atoms with Gasteiger partial charge in [-0.25, -0.2) is 0 Å². The minimum Gasteiger partial charge on any atom is -0.0776 e. The molecule has 0 nitrogen and oxygen atoms in total. The first-order valence-corrected chi connectivity index (χ1v) is 27.6. The lowest BCUT2D eigenvalue weighted by Gasteiger charge is -2.52. The normalized spacial score (nSPS) is 36.2. The van der Waals surface area contributed by atoms with Crippen molar-refractivity contribution in [3.05, 3.63) is 0 Å². The average Bonchev–Trinajstić information content (AvgIpc) is 3.83. The van der Waals surface area contributed by atoms with Crippen molar-refractivity contribution >= 4 is 0 Å². The predicted octanol–water partition coefficient (Wildman–Crippen LogP) is 21.4. The number of fused-ring (bicyclic) bond motifs is 6. The summed E-state index contributed by atoms with van der Waals surface area (Å²) in [6.45, 7) is 49.7. The summed E-state index contributed by atoms with van der Waals surface area (Å²) < 4.78 is 0. The van der Waals surface area contributed by atoms with Crippen LogP contribution in [0.5, 0.6) is 0 Å². The zero-order chi connectivity index (χ0) is 44.9. The minimum atomic E-state index is 0. The van der Waals surface area contributed by atoms with Gasteiger partial charge in [0.05, 0.1) is 0 Å². The van der Waals surface area contributed by atoms with Gasteiger partial charge in [0.1, 0.15) is 0 Å². The predicted molar refractivity (Wildman–Crippen MR) is 275 cm³/mol. The molecule has 0 aromatic rings. The molecular weight excluding hydrogens is 697 g/mol. The Morgan fingerprint density at radius 2 is 0.828 bits per heavy atom. The molecule has 356 valence electrons. The number of hydrogen-bond acceptors (Lipinski definition) is 0. The molecule has 0 aliphatic heterocycles. The average molecular weight is 822 g/mol. The summed E-state index contributed by atoms with van der Waals surface area (Å²) in [6.07, 6.45) is 29.4. The first kappa shape index (κ1) is 64.6. The fourth-order valence-corrected chi connectivity index (χ4v) is 13.7. The summed E-state index contributed by atoms with van der Waals surface area (Å²) in [4.78, 5) is 0. The van der Waals surface area contributed by atoms with E-state index in [0.29, 0.717) is 10.8 Å². The SMILES string of the molecule is C.CC.CC.CC.CC.CC.CC.CC.CC.CC1C2CCC3C4CCCCC4CCC3C2CC1(C)C.CCCC1CCCCC1C1CC2CCC(C)(C)C(C)C2C1. The Labute approximate surface area is 375 Å². The second kappa shape index (κ2) is 36.5. The number of hydrogen-bond donors (Lipinski definition) is 0. The van der Waals surface area contributed by atoms with Crippen LogP contribution in [0.25, 0.3) is 0 Å². The van der Waals surface area contributed by atoms with Gasteiger partial charge >= 0.3 is 0 Å². The highest BCUT2D eigenvalue weighted by molar-refractivity contribution is 5.04. The molecule has 7 fully saturated rings. The number of rotatable bonds is 3. The van der Waals surface area contributed by atoms with Gasteiger partial charge in [0.25, 0.3) is 0 Å². The van der Waals surface area contributed by atoms with Crippen molar-refractivity contribution in [2.24, 2.45) is 87.8 Å². The maximum Gasteiger partial charge on any atom is -0.0323 e. The molecule has 0 heteroatoms. The first-order chi connectivity index (χ1) is 27.6. The van der Waals surface area contributed by atoms with E-state index in [1.807, 2.05) is 111 Å². The van der Waals surface area contributed by atoms with Crippen LogP contribution in [0.1, 0.15) is 289 Å². The molecule has 7 aliphatic rings. The van der Waals surface area contributed by atoms with Crippen LogP contribution in [-0.4, -0.2) is 0 Å². The smallest absolute Gasteiger partial charge is 0.0323 e. The van der Waals surface area contributed by atoms with Crippen molar-refractivity contribution in [2.75, 3.05) is 0 Å². The molecular formula is C58H124. The van der Waals surface area contributed by atoms with Gasteiger partial charge in [0.2, 0.25) is 0 Å². The maximum atomic E-state index is 2.57. The van der Waals surface area contributed by atoms with E-state index in [1.54, 1.807) is 70.6 Å². The largest absolute Gasteiger partial charge is 0.0776 e. The van der Waals surface area contributed by atoms with Crippen LogP contribution in [0, 0.1) is 87.8 Å². The molecule has 0 amide bonds. The third kappa shape index (κ3) is 17.6. The monoisotopic (exact) mass is 821 g/mol. The Hall–Kier alpha value is 0. The molecule has 13 unspecified atom stereocenters. The molecule has 13 atom stereocenters. The molecule has 0 aromatic heterocycles. The summed E-state index contributed by atoms with van der Waals surface area (Å²) >= 11 is 0. The highest BCUT2D eigenvalue weighted by Gasteiger charge is 2.55. The molecule has 58 heavy (non-hydrogen) atoms. The quantitative estimate of drug-likeness (QED) is 0.266. The van der Waals surface area contributed by atoms with E-state index in [-0.39, 0.29) is 7.43 Å². The highest BCUT2D eigenvalue weighted by Crippen LogP contribution is 2.63. The molecule has 0 bridgehead atoms. The summed E-state index contributed by atoms with van der Waals surface area (Å²) in [5, 5.41) is 0. The van der Waals surface area contributed by atoms with E-state index in [1.165, 1.54) is 51.4 Å². The second-order valence-electron chi connectivity index (χ2n) is 19.0. The molecule has 0 N–H and O–H groups in total. The van der Waals surface area contributed by atoms with Gasteiger partial charge in [-0.2, -0.15) is 0 Å². The van der Waals surface area contributed by atoms with Crippen LogP contribution in [0.2, 0.25) is 0 Å². The third-order valence-electron chi connectivity index (χ3n) is 16.6. The van der Waals surface area contributed by atoms with Gasteiger partial charge in [-0.1, -0.05) is 218 Å². The summed E-state index contributed by atoms with van der Waals surface area (Å²) in [5.41, 5.74) is 1.22. The lowest BCUT2D eigenvalue weighted by atomic mass is 9.53. The van der Waals surface area contributed by atoms with Gasteiger partial charge in [0.15, 0.2) is 0 Å². The standard InChI is InChI=1S/C21H38.C20H34.8C2H6.CH4/c1-5-8-16-9-6-7-10-19(16)18-13-17-11-12-21(3,4)15(2)20(17)14-18;1-13-15-10-11-17-16-7-5-4-6-14(16)8-9-18(17)19(15)12-20(13,2)3;8*1-2;/h15-20H,5-14H2,1-4H3;13-19H,4-12H2,1-3H3;8*1-2H3;1H4. The molecule has 7 rings (SSSR count). The molecule has 0 aromatic carbocycles. The minimum absolute atomic E-state index is 0. The molecule has 0 saturated heterocycles. The molecule has 7 aliphatic carbocycles. The van der Waals surface area contributed by atoms with E-state index in [0.717, 1.165) is 76.9 Å². The van der Waals surface area contributed by atoms with Crippen molar-refractivity contribution in [1.29, 1.82) is 0 Å². The maximum absolute atomic E-state index is 2.57. The van der Waals surface area contributed by atoms with E-state index >= 15 is 0 Å². The van der Waals surface area contributed by atoms with Crippen LogP contribution in [0.4, 0.5) is 0 Å². The van der Waals surface area contributed by atoms with Crippen molar-refractivity contribution in [2.45, 2.75) is 289 Å². The van der Waals surface area contributed by atoms with E-state index < -0.39 is 0 Å². The second-order valence-corrected chi connectivity index (χ2v) is 19.0. The van der Waals surface area contributed by atoms with E-state index in [4.69, 9.17) is 0 Å². The first-order valence-electron chi connectivity index (χ1n) is 27.6. The Bertz CT molecular complexity index is 848. The van der Waals surface area contributed by atoms with Gasteiger partial charge in [-0.05, 0) is 158 Å². The lowest BCUT2D eigenvalue weighted by Crippen LogP contribution is -2.43. The topological polar surface area (TPSA) is 0 Å². The third-order valence-corrected chi connectivity index (χ3v) is 16.6. The van der Waals surface area contributed by atoms with Crippen LogP contribution in [0.15, 0.2) is 0 Å². The highest BCUT2D eigenvalue weighted by atomic mass is 14.6. The van der Waals surface area contributed by atoms with Crippen molar-refractivity contribution in [3.63, 3.8) is 0 Å². The molecule has 0 heterocycles. The van der Waals surface area contributed by atoms with Crippen LogP contribution >= 0.6 is 0 Å². The van der Waals surface area contributed by atoms with Gasteiger partial charge in [-0.15, -0.1) is 0 Å². The van der Waals surface area contributed by atoms with Crippen molar-refractivity contribution in [3.8, 4) is 0 Å². The van der Waals surface area contributed by atoms with E-state index in [9.17, 15) is 0 Å². The molecule has 7 saturated carbocycles. The van der Waals surface area contributed by atoms with Crippen LogP contribution in [-0.2, 0) is 0 Å². The Morgan fingerprint density at radius 1 is 0.379 bits per heavy atom. The van der Waals surface area contributed by atoms with Gasteiger partial charge in [0, 0.05) is 0 Å². The Balaban J connectivity index is -0.000000370. The summed E-state index contributed by atoms with van der Waals surface area (Å²) in [6, 6.07) is 0.